The van der Waals surface area contributed by atoms with Crippen LogP contribution in [0.3, 0.4) is 0 Å². The van der Waals surface area contributed by atoms with Crippen LogP contribution in [0.5, 0.6) is 11.5 Å². The fraction of sp³-hybridized carbons (Fsp3) is 0.636. The van der Waals surface area contributed by atoms with Crippen LogP contribution in [-0.4, -0.2) is 77.5 Å². The number of hydrogen-bond acceptors (Lipinski definition) is 7. The van der Waals surface area contributed by atoms with Crippen molar-refractivity contribution in [3.8, 4) is 11.5 Å². The topological polar surface area (TPSA) is 134 Å². The standard InChI is InChI=1S/C22H29N3O6.2ClH/c1-25-8-7-21-17-11-3-4-14(26)18(17)31-19(21)12(24-13(20(28)29)10-16(23)27)5-6-22(21,30-2)15(25)9-11;;/h3-4,12-13,15,19,24,26H,5-10H2,1-2H3,(H2,23,27)(H,28,29);2*1H/t12-,13-,15+,19-,21-,22+;;/m0../s1. The second-order valence-corrected chi connectivity index (χ2v) is 9.37. The first-order chi connectivity index (χ1) is 14.7. The first-order valence-corrected chi connectivity index (χ1v) is 10.8. The molecule has 33 heavy (non-hydrogen) atoms. The zero-order valence-corrected chi connectivity index (χ0v) is 20.2. The third-order valence-electron chi connectivity index (χ3n) is 8.17. The molecule has 1 saturated carbocycles. The molecule has 2 fully saturated rings. The number of methoxy groups -OCH3 is 1. The molecule has 11 heteroatoms. The Morgan fingerprint density at radius 1 is 1.36 bits per heavy atom. The molecule has 1 aromatic carbocycles. The van der Waals surface area contributed by atoms with E-state index in [4.69, 9.17) is 15.2 Å². The molecule has 2 heterocycles. The molecule has 9 nitrogen and oxygen atoms in total. The maximum absolute atomic E-state index is 11.8. The number of aliphatic carboxylic acids is 1. The Labute approximate surface area is 204 Å². The highest BCUT2D eigenvalue weighted by atomic mass is 35.5. The summed E-state index contributed by atoms with van der Waals surface area (Å²) in [5.74, 6) is -1.21. The van der Waals surface area contributed by atoms with E-state index in [9.17, 15) is 19.8 Å². The monoisotopic (exact) mass is 503 g/mol. The molecule has 5 N–H and O–H groups in total. The van der Waals surface area contributed by atoms with Crippen LogP contribution in [0.4, 0.5) is 0 Å². The molecule has 2 aliphatic carbocycles. The number of rotatable bonds is 6. The number of nitrogens with one attached hydrogen (secondary N) is 1. The van der Waals surface area contributed by atoms with E-state index in [1.54, 1.807) is 13.2 Å². The largest absolute Gasteiger partial charge is 0.504 e. The fourth-order valence-corrected chi connectivity index (χ4v) is 6.99. The number of piperidine rings is 1. The van der Waals surface area contributed by atoms with Crippen molar-refractivity contribution >= 4 is 36.7 Å². The number of likely N-dealkylation sites (tertiary alicyclic amines) is 1. The van der Waals surface area contributed by atoms with E-state index in [1.165, 1.54) is 0 Å². The zero-order valence-electron chi connectivity index (χ0n) is 18.6. The number of carboxylic acids is 1. The molecule has 1 aromatic rings. The predicted octanol–water partition coefficient (Wildman–Crippen LogP) is 0.961. The van der Waals surface area contributed by atoms with Gasteiger partial charge in [-0.05, 0) is 50.9 Å². The molecule has 1 spiro atoms. The Bertz CT molecular complexity index is 964. The molecular formula is C22H31Cl2N3O6. The maximum Gasteiger partial charge on any atom is 0.321 e. The van der Waals surface area contributed by atoms with Crippen LogP contribution in [0, 0.1) is 0 Å². The number of nitrogens with two attached hydrogens (primary N) is 1. The SMILES string of the molecule is CO[C@@]12CC[C@H](N[C@@H](CC(N)=O)C(=O)O)[C@@H]3Oc4c(O)ccc5c4[C@@]31CCN(C)[C@@H]2C5.Cl.Cl. The van der Waals surface area contributed by atoms with Gasteiger partial charge in [0.15, 0.2) is 11.5 Å². The highest BCUT2D eigenvalue weighted by Gasteiger charge is 2.73. The van der Waals surface area contributed by atoms with E-state index in [-0.39, 0.29) is 49.1 Å². The first-order valence-electron chi connectivity index (χ1n) is 10.8. The number of likely N-dealkylation sites (N-methyl/N-ethyl adjacent to an activating group) is 1. The number of amides is 1. The Morgan fingerprint density at radius 2 is 2.09 bits per heavy atom. The third kappa shape index (κ3) is 3.31. The van der Waals surface area contributed by atoms with Gasteiger partial charge in [0.05, 0.1) is 17.4 Å². The molecule has 0 unspecified atom stereocenters. The summed E-state index contributed by atoms with van der Waals surface area (Å²) in [6, 6.07) is 2.37. The van der Waals surface area contributed by atoms with Crippen molar-refractivity contribution in [2.24, 2.45) is 5.73 Å². The van der Waals surface area contributed by atoms with Crippen LogP contribution in [0.25, 0.3) is 0 Å². The van der Waals surface area contributed by atoms with Crippen molar-refractivity contribution in [2.45, 2.75) is 67.3 Å². The van der Waals surface area contributed by atoms with E-state index in [1.807, 2.05) is 6.07 Å². The van der Waals surface area contributed by atoms with Crippen molar-refractivity contribution in [3.05, 3.63) is 23.3 Å². The normalized spacial score (nSPS) is 34.2. The van der Waals surface area contributed by atoms with Gasteiger partial charge in [-0.1, -0.05) is 6.07 Å². The number of nitrogens with zero attached hydrogens (tertiary/aromatic N) is 1. The lowest BCUT2D eigenvalue weighted by Gasteiger charge is -2.65. The summed E-state index contributed by atoms with van der Waals surface area (Å²) < 4.78 is 12.8. The molecule has 184 valence electrons. The van der Waals surface area contributed by atoms with E-state index >= 15 is 0 Å². The van der Waals surface area contributed by atoms with Gasteiger partial charge in [0.1, 0.15) is 12.1 Å². The van der Waals surface area contributed by atoms with E-state index in [0.29, 0.717) is 18.6 Å². The smallest absolute Gasteiger partial charge is 0.321 e. The molecule has 1 amide bonds. The Hall–Kier alpha value is -1.78. The van der Waals surface area contributed by atoms with Crippen molar-refractivity contribution in [1.82, 2.24) is 10.2 Å². The third-order valence-corrected chi connectivity index (χ3v) is 8.17. The number of primary amides is 1. The van der Waals surface area contributed by atoms with Gasteiger partial charge in [-0.3, -0.25) is 14.9 Å². The second kappa shape index (κ2) is 8.78. The van der Waals surface area contributed by atoms with Crippen molar-refractivity contribution in [3.63, 3.8) is 0 Å². The molecule has 5 rings (SSSR count). The predicted molar refractivity (Wildman–Crippen MR) is 125 cm³/mol. The molecule has 0 aromatic heterocycles. The van der Waals surface area contributed by atoms with Gasteiger partial charge < -0.3 is 30.3 Å². The average Bonchev–Trinajstić information content (AvgIpc) is 3.08. The van der Waals surface area contributed by atoms with Gasteiger partial charge in [-0.15, -0.1) is 24.8 Å². The highest BCUT2D eigenvalue weighted by molar-refractivity contribution is 5.85. The molecule has 1 saturated heterocycles. The molecule has 0 radical (unpaired) electrons. The summed E-state index contributed by atoms with van der Waals surface area (Å²) in [5, 5.41) is 23.4. The average molecular weight is 504 g/mol. The number of phenols is 1. The Morgan fingerprint density at radius 3 is 2.73 bits per heavy atom. The van der Waals surface area contributed by atoms with Gasteiger partial charge in [-0.25, -0.2) is 0 Å². The van der Waals surface area contributed by atoms with Gasteiger partial charge in [0.25, 0.3) is 0 Å². The maximum atomic E-state index is 11.8. The molecule has 2 bridgehead atoms. The lowest BCUT2D eigenvalue weighted by atomic mass is 9.48. The molecular weight excluding hydrogens is 473 g/mol. The Balaban J connectivity index is 0.00000153. The minimum Gasteiger partial charge on any atom is -0.504 e. The summed E-state index contributed by atoms with van der Waals surface area (Å²) >= 11 is 0. The molecule has 4 aliphatic rings. The number of phenolic OH excluding ortho intramolecular Hbond substituents is 1. The molecule has 2 aliphatic heterocycles. The number of hydrogen-bond donors (Lipinski definition) is 4. The number of ether oxygens (including phenoxy) is 2. The van der Waals surface area contributed by atoms with E-state index in [2.05, 4.69) is 17.3 Å². The first kappa shape index (κ1) is 25.8. The summed E-state index contributed by atoms with van der Waals surface area (Å²) in [6.45, 7) is 0.848. The minimum atomic E-state index is -1.12. The van der Waals surface area contributed by atoms with Crippen LogP contribution in [0.1, 0.15) is 36.8 Å². The number of halogens is 2. The second-order valence-electron chi connectivity index (χ2n) is 9.37. The fourth-order valence-electron chi connectivity index (χ4n) is 6.99. The van der Waals surface area contributed by atoms with E-state index in [0.717, 1.165) is 30.5 Å². The van der Waals surface area contributed by atoms with Crippen LogP contribution in [-0.2, 0) is 26.2 Å². The number of benzene rings is 1. The number of carbonyl (C=O) groups is 2. The number of carboxylic acid groups (broad SMARTS) is 1. The van der Waals surface area contributed by atoms with Crippen LogP contribution >= 0.6 is 24.8 Å². The minimum absolute atomic E-state index is 0. The van der Waals surface area contributed by atoms with Gasteiger partial charge >= 0.3 is 5.97 Å². The van der Waals surface area contributed by atoms with Crippen molar-refractivity contribution in [2.75, 3.05) is 20.7 Å². The molecule has 6 atom stereocenters. The van der Waals surface area contributed by atoms with Crippen molar-refractivity contribution in [1.29, 1.82) is 0 Å². The van der Waals surface area contributed by atoms with Gasteiger partial charge in [0.2, 0.25) is 5.91 Å². The summed E-state index contributed by atoms with van der Waals surface area (Å²) in [6.07, 6.45) is 2.20. The summed E-state index contributed by atoms with van der Waals surface area (Å²) in [7, 11) is 3.87. The Kier molecular flexibility index (Phi) is 6.87. The van der Waals surface area contributed by atoms with Gasteiger partial charge in [-0.2, -0.15) is 0 Å². The number of carbonyl (C=O) groups excluding carboxylic acids is 1. The number of aromatic hydroxyl groups is 1. The van der Waals surface area contributed by atoms with Crippen LogP contribution in [0.2, 0.25) is 0 Å². The van der Waals surface area contributed by atoms with Gasteiger partial charge in [0, 0.05) is 24.8 Å². The quantitative estimate of drug-likeness (QED) is 0.450. The lowest BCUT2D eigenvalue weighted by Crippen LogP contribution is -2.78. The lowest BCUT2D eigenvalue weighted by molar-refractivity contribution is -0.204. The highest BCUT2D eigenvalue weighted by Crippen LogP contribution is 2.66. The van der Waals surface area contributed by atoms with E-state index < -0.39 is 35.0 Å². The van der Waals surface area contributed by atoms with Crippen LogP contribution < -0.4 is 15.8 Å². The van der Waals surface area contributed by atoms with Crippen molar-refractivity contribution < 1.29 is 29.3 Å². The summed E-state index contributed by atoms with van der Waals surface area (Å²) in [5.41, 5.74) is 6.43. The summed E-state index contributed by atoms with van der Waals surface area (Å²) in [4.78, 5) is 25.6. The zero-order chi connectivity index (χ0) is 22.1. The van der Waals surface area contributed by atoms with Crippen LogP contribution in [0.15, 0.2) is 12.1 Å².